The molecule has 0 saturated heterocycles. The number of amides is 1. The summed E-state index contributed by atoms with van der Waals surface area (Å²) in [7, 11) is 1.56. The molecule has 1 atom stereocenters. The van der Waals surface area contributed by atoms with Crippen molar-refractivity contribution in [1.29, 1.82) is 0 Å². The minimum atomic E-state index is -0.723. The maximum Gasteiger partial charge on any atom is 0.245 e. The number of hydrogen-bond donors (Lipinski definition) is 2. The van der Waals surface area contributed by atoms with Crippen LogP contribution in [0.1, 0.15) is 17.2 Å². The van der Waals surface area contributed by atoms with Gasteiger partial charge in [0.2, 0.25) is 5.91 Å². The van der Waals surface area contributed by atoms with Gasteiger partial charge in [-0.25, -0.2) is 0 Å². The molecule has 0 spiro atoms. The van der Waals surface area contributed by atoms with E-state index in [1.54, 1.807) is 13.2 Å². The highest BCUT2D eigenvalue weighted by atomic mass is 79.9. The first-order valence-electron chi connectivity index (χ1n) is 6.48. The average molecular weight is 349 g/mol. The van der Waals surface area contributed by atoms with Crippen LogP contribution in [0.2, 0.25) is 0 Å². The Kier molecular flexibility index (Phi) is 4.98. The molecule has 0 aromatic heterocycles. The molecule has 2 rings (SSSR count). The van der Waals surface area contributed by atoms with Gasteiger partial charge in [-0.05, 0) is 30.2 Å². The zero-order chi connectivity index (χ0) is 15.4. The molecule has 1 amide bonds. The number of carbonyl (C=O) groups is 1. The molecule has 5 heteroatoms. The van der Waals surface area contributed by atoms with Crippen molar-refractivity contribution in [3.63, 3.8) is 0 Å². The number of benzene rings is 2. The van der Waals surface area contributed by atoms with E-state index in [0.717, 1.165) is 15.6 Å². The van der Waals surface area contributed by atoms with E-state index in [4.69, 9.17) is 10.5 Å². The summed E-state index contributed by atoms with van der Waals surface area (Å²) in [5.41, 5.74) is 8.30. The molecule has 0 aliphatic carbocycles. The normalized spacial score (nSPS) is 11.8. The lowest BCUT2D eigenvalue weighted by Crippen LogP contribution is -2.28. The van der Waals surface area contributed by atoms with Crippen molar-refractivity contribution in [3.05, 3.63) is 58.1 Å². The van der Waals surface area contributed by atoms with Crippen LogP contribution in [0.5, 0.6) is 5.75 Å². The Bertz CT molecular complexity index is 644. The molecular weight excluding hydrogens is 332 g/mol. The van der Waals surface area contributed by atoms with E-state index in [1.807, 2.05) is 43.3 Å². The zero-order valence-electron chi connectivity index (χ0n) is 11.9. The standard InChI is InChI=1S/C16H17BrN2O2/c1-10-8-12(17)9-13(21-2)15(10)19-16(20)14(18)11-6-4-3-5-7-11/h3-9,14H,18H2,1-2H3,(H,19,20). The minimum Gasteiger partial charge on any atom is -0.495 e. The number of carbonyl (C=O) groups excluding carboxylic acids is 1. The van der Waals surface area contributed by atoms with Gasteiger partial charge in [0.15, 0.2) is 0 Å². The Morgan fingerprint density at radius 1 is 1.29 bits per heavy atom. The molecule has 0 aliphatic rings. The Balaban J connectivity index is 2.24. The van der Waals surface area contributed by atoms with E-state index in [9.17, 15) is 4.79 Å². The number of ether oxygens (including phenoxy) is 1. The second-order valence-electron chi connectivity index (χ2n) is 4.68. The summed E-state index contributed by atoms with van der Waals surface area (Å²) < 4.78 is 6.20. The number of aryl methyl sites for hydroxylation is 1. The molecule has 21 heavy (non-hydrogen) atoms. The van der Waals surface area contributed by atoms with Gasteiger partial charge in [0.25, 0.3) is 0 Å². The average Bonchev–Trinajstić information content (AvgIpc) is 2.49. The van der Waals surface area contributed by atoms with Crippen LogP contribution in [-0.4, -0.2) is 13.0 Å². The lowest BCUT2D eigenvalue weighted by Gasteiger charge is -2.17. The van der Waals surface area contributed by atoms with Crippen LogP contribution in [0.15, 0.2) is 46.9 Å². The van der Waals surface area contributed by atoms with Crippen molar-refractivity contribution in [3.8, 4) is 5.75 Å². The summed E-state index contributed by atoms with van der Waals surface area (Å²) in [5.74, 6) is 0.320. The van der Waals surface area contributed by atoms with E-state index in [1.165, 1.54) is 0 Å². The van der Waals surface area contributed by atoms with Gasteiger partial charge in [0.1, 0.15) is 11.8 Å². The second kappa shape index (κ2) is 6.74. The van der Waals surface area contributed by atoms with Crippen LogP contribution in [0.4, 0.5) is 5.69 Å². The first-order valence-corrected chi connectivity index (χ1v) is 7.27. The summed E-state index contributed by atoms with van der Waals surface area (Å²) in [6.45, 7) is 1.90. The molecule has 0 heterocycles. The number of hydrogen-bond acceptors (Lipinski definition) is 3. The molecule has 1 unspecified atom stereocenters. The smallest absolute Gasteiger partial charge is 0.245 e. The Morgan fingerprint density at radius 2 is 1.95 bits per heavy atom. The first-order chi connectivity index (χ1) is 10.0. The lowest BCUT2D eigenvalue weighted by molar-refractivity contribution is -0.117. The van der Waals surface area contributed by atoms with Gasteiger partial charge in [0, 0.05) is 4.47 Å². The summed E-state index contributed by atoms with van der Waals surface area (Å²) in [6.07, 6.45) is 0. The van der Waals surface area contributed by atoms with Gasteiger partial charge < -0.3 is 15.8 Å². The SMILES string of the molecule is COc1cc(Br)cc(C)c1NC(=O)C(N)c1ccccc1. The molecule has 0 bridgehead atoms. The van der Waals surface area contributed by atoms with E-state index >= 15 is 0 Å². The molecule has 3 N–H and O–H groups in total. The molecule has 2 aromatic rings. The number of nitrogens with two attached hydrogens (primary N) is 1. The third-order valence-electron chi connectivity index (χ3n) is 3.17. The van der Waals surface area contributed by atoms with Crippen molar-refractivity contribution >= 4 is 27.5 Å². The predicted molar refractivity (Wildman–Crippen MR) is 87.4 cm³/mol. The third kappa shape index (κ3) is 3.62. The molecule has 0 fully saturated rings. The largest absolute Gasteiger partial charge is 0.495 e. The molecule has 110 valence electrons. The van der Waals surface area contributed by atoms with Gasteiger partial charge in [-0.3, -0.25) is 4.79 Å². The van der Waals surface area contributed by atoms with Gasteiger partial charge >= 0.3 is 0 Å². The topological polar surface area (TPSA) is 64.3 Å². The number of methoxy groups -OCH3 is 1. The van der Waals surface area contributed by atoms with Crippen LogP contribution in [-0.2, 0) is 4.79 Å². The fourth-order valence-corrected chi connectivity index (χ4v) is 2.60. The fraction of sp³-hybridized carbons (Fsp3) is 0.188. The lowest BCUT2D eigenvalue weighted by atomic mass is 10.1. The van der Waals surface area contributed by atoms with E-state index in [-0.39, 0.29) is 5.91 Å². The maximum atomic E-state index is 12.3. The van der Waals surface area contributed by atoms with Crippen molar-refractivity contribution in [2.45, 2.75) is 13.0 Å². The van der Waals surface area contributed by atoms with E-state index in [2.05, 4.69) is 21.2 Å². The predicted octanol–water partition coefficient (Wildman–Crippen LogP) is 3.40. The van der Waals surface area contributed by atoms with Crippen LogP contribution in [0.3, 0.4) is 0 Å². The zero-order valence-corrected chi connectivity index (χ0v) is 13.5. The quantitative estimate of drug-likeness (QED) is 0.889. The van der Waals surface area contributed by atoms with E-state index in [0.29, 0.717) is 11.4 Å². The molecule has 0 saturated carbocycles. The molecule has 0 radical (unpaired) electrons. The van der Waals surface area contributed by atoms with Crippen molar-refractivity contribution in [2.75, 3.05) is 12.4 Å². The van der Waals surface area contributed by atoms with Crippen molar-refractivity contribution in [2.24, 2.45) is 5.73 Å². The molecular formula is C16H17BrN2O2. The van der Waals surface area contributed by atoms with Crippen LogP contribution < -0.4 is 15.8 Å². The summed E-state index contributed by atoms with van der Waals surface area (Å²) in [4.78, 5) is 12.3. The Labute approximate surface area is 132 Å². The van der Waals surface area contributed by atoms with Gasteiger partial charge in [-0.1, -0.05) is 46.3 Å². The van der Waals surface area contributed by atoms with Gasteiger partial charge in [0.05, 0.1) is 12.8 Å². The summed E-state index contributed by atoms with van der Waals surface area (Å²) in [5, 5.41) is 2.85. The summed E-state index contributed by atoms with van der Waals surface area (Å²) >= 11 is 3.40. The van der Waals surface area contributed by atoms with Crippen molar-refractivity contribution in [1.82, 2.24) is 0 Å². The second-order valence-corrected chi connectivity index (χ2v) is 5.59. The Morgan fingerprint density at radius 3 is 2.57 bits per heavy atom. The van der Waals surface area contributed by atoms with Crippen LogP contribution in [0, 0.1) is 6.92 Å². The minimum absolute atomic E-state index is 0.273. The third-order valence-corrected chi connectivity index (χ3v) is 3.63. The monoisotopic (exact) mass is 348 g/mol. The number of nitrogens with one attached hydrogen (secondary N) is 1. The summed E-state index contributed by atoms with van der Waals surface area (Å²) in [6, 6.07) is 12.2. The highest BCUT2D eigenvalue weighted by molar-refractivity contribution is 9.10. The highest BCUT2D eigenvalue weighted by Crippen LogP contribution is 2.32. The van der Waals surface area contributed by atoms with Crippen LogP contribution >= 0.6 is 15.9 Å². The molecule has 4 nitrogen and oxygen atoms in total. The van der Waals surface area contributed by atoms with E-state index < -0.39 is 6.04 Å². The number of anilines is 1. The molecule has 0 aliphatic heterocycles. The highest BCUT2D eigenvalue weighted by Gasteiger charge is 2.18. The van der Waals surface area contributed by atoms with Gasteiger partial charge in [-0.2, -0.15) is 0 Å². The first kappa shape index (κ1) is 15.5. The van der Waals surface area contributed by atoms with Crippen molar-refractivity contribution < 1.29 is 9.53 Å². The molecule has 2 aromatic carbocycles. The number of halogens is 1. The number of rotatable bonds is 4. The fourth-order valence-electron chi connectivity index (χ4n) is 2.05. The van der Waals surface area contributed by atoms with Gasteiger partial charge in [-0.15, -0.1) is 0 Å². The Hall–Kier alpha value is -1.85. The van der Waals surface area contributed by atoms with Crippen LogP contribution in [0.25, 0.3) is 0 Å². The maximum absolute atomic E-state index is 12.3.